The zero-order valence-electron chi connectivity index (χ0n) is 11.8. The zero-order chi connectivity index (χ0) is 13.4. The first kappa shape index (κ1) is 15.1. The number of aromatic nitrogens is 1. The zero-order valence-corrected chi connectivity index (χ0v) is 13.5. The summed E-state index contributed by atoms with van der Waals surface area (Å²) in [4.78, 5) is 8.33. The second-order valence-corrected chi connectivity index (χ2v) is 6.40. The highest BCUT2D eigenvalue weighted by atomic mass is 35.5. The third-order valence-electron chi connectivity index (χ3n) is 3.72. The van der Waals surface area contributed by atoms with Crippen molar-refractivity contribution in [2.24, 2.45) is 0 Å². The number of nitrogens with zero attached hydrogens (tertiary/aromatic N) is 2. The van der Waals surface area contributed by atoms with Gasteiger partial charge in [0.05, 0.1) is 17.2 Å². The summed E-state index contributed by atoms with van der Waals surface area (Å²) in [7, 11) is 0. The van der Waals surface area contributed by atoms with E-state index in [1.54, 1.807) is 11.3 Å². The summed E-state index contributed by atoms with van der Waals surface area (Å²) < 4.78 is 0. The molecule has 0 saturated heterocycles. The van der Waals surface area contributed by atoms with Crippen molar-refractivity contribution in [2.75, 3.05) is 17.2 Å². The van der Waals surface area contributed by atoms with Gasteiger partial charge in [0.1, 0.15) is 0 Å². The minimum atomic E-state index is 0. The number of thiazole rings is 1. The summed E-state index contributed by atoms with van der Waals surface area (Å²) in [5, 5.41) is 1.15. The molecule has 0 saturated carbocycles. The molecule has 20 heavy (non-hydrogen) atoms. The highest BCUT2D eigenvalue weighted by molar-refractivity contribution is 7.11. The number of hydrogen-bond acceptors (Lipinski definition) is 4. The smallest absolute Gasteiger partial charge is 0.0900 e. The van der Waals surface area contributed by atoms with Crippen molar-refractivity contribution < 1.29 is 0 Å². The molecule has 1 aromatic heterocycles. The Labute approximate surface area is 130 Å². The highest BCUT2D eigenvalue weighted by Gasteiger charge is 2.20. The van der Waals surface area contributed by atoms with Crippen molar-refractivity contribution in [3.8, 4) is 0 Å². The second-order valence-electron chi connectivity index (χ2n) is 5.11. The van der Waals surface area contributed by atoms with Gasteiger partial charge >= 0.3 is 0 Å². The summed E-state index contributed by atoms with van der Waals surface area (Å²) in [5.74, 6) is 0. The molecule has 108 valence electrons. The van der Waals surface area contributed by atoms with E-state index in [0.29, 0.717) is 0 Å². The third-order valence-corrected chi connectivity index (χ3v) is 4.77. The van der Waals surface area contributed by atoms with E-state index in [9.17, 15) is 0 Å². The molecule has 3 rings (SSSR count). The Morgan fingerprint density at radius 2 is 2.15 bits per heavy atom. The molecule has 0 unspecified atom stereocenters. The summed E-state index contributed by atoms with van der Waals surface area (Å²) in [5.41, 5.74) is 10.8. The van der Waals surface area contributed by atoms with Gasteiger partial charge in [0.25, 0.3) is 0 Å². The molecule has 5 heteroatoms. The molecule has 0 radical (unpaired) electrons. The molecule has 0 spiro atoms. The lowest BCUT2D eigenvalue weighted by Crippen LogP contribution is -2.29. The molecule has 0 fully saturated rings. The Bertz CT molecular complexity index is 609. The van der Waals surface area contributed by atoms with Crippen LogP contribution in [0, 0.1) is 13.8 Å². The number of anilines is 2. The van der Waals surface area contributed by atoms with E-state index in [1.807, 2.05) is 6.07 Å². The maximum atomic E-state index is 6.09. The Kier molecular flexibility index (Phi) is 4.55. The average Bonchev–Trinajstić information content (AvgIpc) is 2.69. The van der Waals surface area contributed by atoms with E-state index in [-0.39, 0.29) is 12.4 Å². The van der Waals surface area contributed by atoms with Gasteiger partial charge in [0.2, 0.25) is 0 Å². The van der Waals surface area contributed by atoms with Crippen molar-refractivity contribution in [1.82, 2.24) is 4.98 Å². The van der Waals surface area contributed by atoms with E-state index in [1.165, 1.54) is 28.2 Å². The maximum absolute atomic E-state index is 6.09. The first-order valence-corrected chi connectivity index (χ1v) is 7.52. The van der Waals surface area contributed by atoms with Gasteiger partial charge in [-0.1, -0.05) is 6.07 Å². The number of nitrogens with two attached hydrogens (primary N) is 1. The summed E-state index contributed by atoms with van der Waals surface area (Å²) in [6.07, 6.45) is 2.28. The lowest BCUT2D eigenvalue weighted by atomic mass is 10.00. The van der Waals surface area contributed by atoms with Gasteiger partial charge in [-0.3, -0.25) is 0 Å². The number of fused-ring (bicyclic) bond motifs is 1. The maximum Gasteiger partial charge on any atom is 0.0900 e. The standard InChI is InChI=1S/C15H19N3S.ClH/c1-10-15(19-11(2)17-10)9-18-8-4-5-12-13(16)6-3-7-14(12)18;/h3,6-7H,4-5,8-9,16H2,1-2H3;1H. The normalized spacial score (nSPS) is 13.8. The predicted octanol–water partition coefficient (Wildman–Crippen LogP) is 3.72. The van der Waals surface area contributed by atoms with Gasteiger partial charge in [-0.05, 0) is 44.4 Å². The van der Waals surface area contributed by atoms with Crippen LogP contribution in [0.5, 0.6) is 0 Å². The number of nitrogen functional groups attached to an aromatic ring is 1. The molecule has 2 aromatic rings. The van der Waals surface area contributed by atoms with Crippen LogP contribution in [0.2, 0.25) is 0 Å². The van der Waals surface area contributed by atoms with Crippen LogP contribution in [-0.4, -0.2) is 11.5 Å². The van der Waals surface area contributed by atoms with Crippen LogP contribution in [0.1, 0.15) is 27.6 Å². The van der Waals surface area contributed by atoms with Gasteiger partial charge in [-0.2, -0.15) is 0 Å². The Morgan fingerprint density at radius 1 is 1.35 bits per heavy atom. The molecule has 0 bridgehead atoms. The topological polar surface area (TPSA) is 42.2 Å². The van der Waals surface area contributed by atoms with Crippen LogP contribution >= 0.6 is 23.7 Å². The largest absolute Gasteiger partial charge is 0.398 e. The molecule has 2 N–H and O–H groups in total. The first-order valence-electron chi connectivity index (χ1n) is 6.70. The SMILES string of the molecule is Cc1nc(C)c(CN2CCCc3c(N)cccc32)s1.Cl. The fourth-order valence-electron chi connectivity index (χ4n) is 2.79. The number of rotatable bonds is 2. The molecule has 3 nitrogen and oxygen atoms in total. The monoisotopic (exact) mass is 309 g/mol. The number of benzene rings is 1. The number of halogens is 1. The fourth-order valence-corrected chi connectivity index (χ4v) is 3.74. The van der Waals surface area contributed by atoms with Crippen LogP contribution in [0.25, 0.3) is 0 Å². The van der Waals surface area contributed by atoms with E-state index in [4.69, 9.17) is 5.73 Å². The van der Waals surface area contributed by atoms with Crippen molar-refractivity contribution in [1.29, 1.82) is 0 Å². The molecule has 1 aromatic carbocycles. The van der Waals surface area contributed by atoms with Gasteiger partial charge in [-0.25, -0.2) is 4.98 Å². The molecule has 0 atom stereocenters. The molecule has 1 aliphatic heterocycles. The molecular formula is C15H20ClN3S. The van der Waals surface area contributed by atoms with Crippen LogP contribution in [-0.2, 0) is 13.0 Å². The molecule has 2 heterocycles. The summed E-state index contributed by atoms with van der Waals surface area (Å²) in [6, 6.07) is 6.25. The average molecular weight is 310 g/mol. The van der Waals surface area contributed by atoms with Crippen molar-refractivity contribution >= 4 is 35.1 Å². The van der Waals surface area contributed by atoms with Crippen LogP contribution in [0.15, 0.2) is 18.2 Å². The van der Waals surface area contributed by atoms with E-state index >= 15 is 0 Å². The minimum Gasteiger partial charge on any atom is -0.398 e. The fraction of sp³-hybridized carbons (Fsp3) is 0.400. The summed E-state index contributed by atoms with van der Waals surface area (Å²) in [6.45, 7) is 6.23. The van der Waals surface area contributed by atoms with Crippen molar-refractivity contribution in [3.63, 3.8) is 0 Å². The Morgan fingerprint density at radius 3 is 2.85 bits per heavy atom. The van der Waals surface area contributed by atoms with Crippen molar-refractivity contribution in [2.45, 2.75) is 33.2 Å². The Balaban J connectivity index is 0.00000147. The second kappa shape index (κ2) is 6.02. The van der Waals surface area contributed by atoms with Crippen LogP contribution in [0.3, 0.4) is 0 Å². The molecule has 0 aliphatic carbocycles. The molecule has 0 amide bonds. The van der Waals surface area contributed by atoms with Gasteiger partial charge in [0.15, 0.2) is 0 Å². The third kappa shape index (κ3) is 2.76. The highest BCUT2D eigenvalue weighted by Crippen LogP contribution is 2.33. The van der Waals surface area contributed by atoms with E-state index < -0.39 is 0 Å². The van der Waals surface area contributed by atoms with Gasteiger partial charge in [-0.15, -0.1) is 23.7 Å². The first-order chi connectivity index (χ1) is 9.15. The molecule has 1 aliphatic rings. The molecular weight excluding hydrogens is 290 g/mol. The van der Waals surface area contributed by atoms with Crippen molar-refractivity contribution in [3.05, 3.63) is 39.3 Å². The lowest BCUT2D eigenvalue weighted by Gasteiger charge is -2.31. The summed E-state index contributed by atoms with van der Waals surface area (Å²) >= 11 is 1.80. The predicted molar refractivity (Wildman–Crippen MR) is 89.1 cm³/mol. The Hall–Kier alpha value is -1.26. The lowest BCUT2D eigenvalue weighted by molar-refractivity contribution is 0.694. The minimum absolute atomic E-state index is 0. The van der Waals surface area contributed by atoms with Crippen LogP contribution in [0.4, 0.5) is 11.4 Å². The van der Waals surface area contributed by atoms with Gasteiger partial charge < -0.3 is 10.6 Å². The van der Waals surface area contributed by atoms with E-state index in [2.05, 4.69) is 35.9 Å². The quantitative estimate of drug-likeness (QED) is 0.860. The van der Waals surface area contributed by atoms with Crippen LogP contribution < -0.4 is 10.6 Å². The number of hydrogen-bond donors (Lipinski definition) is 1. The van der Waals surface area contributed by atoms with Gasteiger partial charge in [0, 0.05) is 22.8 Å². The van der Waals surface area contributed by atoms with E-state index in [0.717, 1.165) is 30.2 Å². The number of aryl methyl sites for hydroxylation is 2.